The van der Waals surface area contributed by atoms with Crippen molar-refractivity contribution in [1.29, 1.82) is 0 Å². The molecule has 1 aromatic carbocycles. The van der Waals surface area contributed by atoms with E-state index in [0.29, 0.717) is 5.56 Å². The van der Waals surface area contributed by atoms with Crippen molar-refractivity contribution in [1.82, 2.24) is 0 Å². The van der Waals surface area contributed by atoms with Gasteiger partial charge in [0.05, 0.1) is 28.8 Å². The van der Waals surface area contributed by atoms with E-state index in [1.165, 1.54) is 19.2 Å². The first-order chi connectivity index (χ1) is 8.02. The zero-order valence-corrected chi connectivity index (χ0v) is 10.1. The second-order valence-corrected chi connectivity index (χ2v) is 4.05. The number of halogens is 2. The van der Waals surface area contributed by atoms with Gasteiger partial charge >= 0.3 is 11.9 Å². The minimum Gasteiger partial charge on any atom is -0.466 e. The van der Waals surface area contributed by atoms with Crippen LogP contribution >= 0.6 is 23.2 Å². The van der Waals surface area contributed by atoms with Crippen LogP contribution in [0.1, 0.15) is 15.9 Å². The fraction of sp³-hybridized carbons (Fsp3) is 0.0909. The number of esters is 2. The first-order valence-corrected chi connectivity index (χ1v) is 5.29. The molecular weight excluding hydrogens is 267 g/mol. The molecule has 0 unspecified atom stereocenters. The van der Waals surface area contributed by atoms with Crippen LogP contribution in [-0.4, -0.2) is 19.0 Å². The number of benzene rings is 1. The number of carbonyl (C=O) groups excluding carboxylic acids is 2. The van der Waals surface area contributed by atoms with Crippen LogP contribution in [0.4, 0.5) is 0 Å². The average molecular weight is 273 g/mol. The number of fused-ring (bicyclic) bond motifs is 1. The molecule has 0 atom stereocenters. The number of rotatable bonds is 1. The third-order valence-corrected chi connectivity index (χ3v) is 2.92. The van der Waals surface area contributed by atoms with Crippen LogP contribution < -0.4 is 0 Å². The van der Waals surface area contributed by atoms with E-state index in [0.717, 1.165) is 6.08 Å². The van der Waals surface area contributed by atoms with Crippen molar-refractivity contribution in [2.75, 3.05) is 7.11 Å². The molecule has 0 saturated carbocycles. The molecule has 1 aliphatic heterocycles. The van der Waals surface area contributed by atoms with Gasteiger partial charge < -0.3 is 9.47 Å². The Balaban J connectivity index is 2.54. The first kappa shape index (κ1) is 12.0. The maximum atomic E-state index is 11.5. The molecule has 17 heavy (non-hydrogen) atoms. The fourth-order valence-electron chi connectivity index (χ4n) is 1.40. The minimum absolute atomic E-state index is 0.107. The van der Waals surface area contributed by atoms with E-state index in [2.05, 4.69) is 4.74 Å². The van der Waals surface area contributed by atoms with E-state index >= 15 is 0 Å². The van der Waals surface area contributed by atoms with Gasteiger partial charge in [0.2, 0.25) is 0 Å². The molecule has 0 amide bonds. The third-order valence-electron chi connectivity index (χ3n) is 2.20. The maximum absolute atomic E-state index is 11.5. The second kappa shape index (κ2) is 4.39. The van der Waals surface area contributed by atoms with Gasteiger partial charge in [-0.25, -0.2) is 9.59 Å². The molecule has 1 aromatic rings. The predicted molar refractivity (Wildman–Crippen MR) is 61.9 cm³/mol. The number of methoxy groups -OCH3 is 1. The monoisotopic (exact) mass is 272 g/mol. The summed E-state index contributed by atoms with van der Waals surface area (Å²) in [5.74, 6) is -1.09. The van der Waals surface area contributed by atoms with E-state index in [-0.39, 0.29) is 21.4 Å². The van der Waals surface area contributed by atoms with Gasteiger partial charge in [-0.3, -0.25) is 0 Å². The van der Waals surface area contributed by atoms with E-state index in [4.69, 9.17) is 27.9 Å². The lowest BCUT2D eigenvalue weighted by atomic mass is 10.1. The number of hydrogen-bond acceptors (Lipinski definition) is 4. The summed E-state index contributed by atoms with van der Waals surface area (Å²) in [7, 11) is 1.23. The highest BCUT2D eigenvalue weighted by molar-refractivity contribution is 6.42. The molecule has 0 saturated heterocycles. The molecule has 0 bridgehead atoms. The highest BCUT2D eigenvalue weighted by Crippen LogP contribution is 2.35. The van der Waals surface area contributed by atoms with Gasteiger partial charge in [-0.05, 0) is 12.1 Å². The summed E-state index contributed by atoms with van der Waals surface area (Å²) in [6, 6.07) is 2.87. The zero-order valence-electron chi connectivity index (χ0n) is 8.62. The van der Waals surface area contributed by atoms with Gasteiger partial charge in [-0.2, -0.15) is 0 Å². The summed E-state index contributed by atoms with van der Waals surface area (Å²) in [4.78, 5) is 22.6. The highest BCUT2D eigenvalue weighted by atomic mass is 35.5. The largest absolute Gasteiger partial charge is 0.466 e. The number of ether oxygens (including phenoxy) is 2. The number of cyclic esters (lactones) is 1. The Morgan fingerprint density at radius 3 is 2.47 bits per heavy atom. The fourth-order valence-corrected chi connectivity index (χ4v) is 1.73. The molecular formula is C11H6Cl2O4. The van der Waals surface area contributed by atoms with Crippen LogP contribution in [0.25, 0.3) is 5.76 Å². The maximum Gasteiger partial charge on any atom is 0.344 e. The molecule has 1 aliphatic rings. The predicted octanol–water partition coefficient (Wildman–Crippen LogP) is 2.68. The minimum atomic E-state index is -0.619. The highest BCUT2D eigenvalue weighted by Gasteiger charge is 2.28. The zero-order chi connectivity index (χ0) is 12.6. The summed E-state index contributed by atoms with van der Waals surface area (Å²) < 4.78 is 9.37. The standard InChI is InChI=1S/C11H6Cl2O4/c1-16-10(14)4-9-5-2-7(12)8(13)3-6(5)11(15)17-9/h2-4H,1H3/b9-4-. The number of carbonyl (C=O) groups is 2. The molecule has 0 fully saturated rings. The van der Waals surface area contributed by atoms with Gasteiger partial charge in [0.1, 0.15) is 5.76 Å². The van der Waals surface area contributed by atoms with Crippen LogP contribution in [0, 0.1) is 0 Å². The molecule has 88 valence electrons. The van der Waals surface area contributed by atoms with Crippen molar-refractivity contribution in [2.24, 2.45) is 0 Å². The van der Waals surface area contributed by atoms with Crippen molar-refractivity contribution in [3.8, 4) is 0 Å². The van der Waals surface area contributed by atoms with E-state index in [9.17, 15) is 9.59 Å². The van der Waals surface area contributed by atoms with Gasteiger partial charge in [0.15, 0.2) is 0 Å². The Hall–Kier alpha value is -1.52. The SMILES string of the molecule is COC(=O)/C=C1\OC(=O)c2cc(Cl)c(Cl)cc21. The van der Waals surface area contributed by atoms with Crippen LogP contribution in [0.2, 0.25) is 10.0 Å². The van der Waals surface area contributed by atoms with E-state index in [1.54, 1.807) is 0 Å². The van der Waals surface area contributed by atoms with Crippen molar-refractivity contribution < 1.29 is 19.1 Å². The molecule has 0 aliphatic carbocycles. The van der Waals surface area contributed by atoms with Crippen molar-refractivity contribution in [2.45, 2.75) is 0 Å². The van der Waals surface area contributed by atoms with Gasteiger partial charge in [0.25, 0.3) is 0 Å². The third kappa shape index (κ3) is 2.14. The van der Waals surface area contributed by atoms with Gasteiger partial charge in [-0.15, -0.1) is 0 Å². The van der Waals surface area contributed by atoms with E-state index < -0.39 is 11.9 Å². The molecule has 0 radical (unpaired) electrons. The van der Waals surface area contributed by atoms with Crippen molar-refractivity contribution >= 4 is 40.9 Å². The lowest BCUT2D eigenvalue weighted by Crippen LogP contribution is -1.97. The van der Waals surface area contributed by atoms with Crippen LogP contribution in [0.15, 0.2) is 18.2 Å². The molecule has 6 heteroatoms. The van der Waals surface area contributed by atoms with E-state index in [1.807, 2.05) is 0 Å². The Morgan fingerprint density at radius 2 is 1.88 bits per heavy atom. The quantitative estimate of drug-likeness (QED) is 0.583. The molecule has 0 aromatic heterocycles. The Labute approximate surface area is 107 Å². The summed E-state index contributed by atoms with van der Waals surface area (Å²) in [6.07, 6.45) is 1.08. The Kier molecular flexibility index (Phi) is 3.09. The van der Waals surface area contributed by atoms with Crippen molar-refractivity contribution in [3.05, 3.63) is 39.4 Å². The smallest absolute Gasteiger partial charge is 0.344 e. The molecule has 0 spiro atoms. The molecule has 0 N–H and O–H groups in total. The van der Waals surface area contributed by atoms with Gasteiger partial charge in [0, 0.05) is 5.56 Å². The van der Waals surface area contributed by atoms with Crippen LogP contribution in [0.3, 0.4) is 0 Å². The summed E-state index contributed by atoms with van der Waals surface area (Å²) in [5, 5.41) is 0.529. The second-order valence-electron chi connectivity index (χ2n) is 3.23. The molecule has 4 nitrogen and oxygen atoms in total. The van der Waals surface area contributed by atoms with Crippen molar-refractivity contribution in [3.63, 3.8) is 0 Å². The summed E-state index contributed by atoms with van der Waals surface area (Å²) in [5.41, 5.74) is 0.698. The van der Waals surface area contributed by atoms with Gasteiger partial charge in [-0.1, -0.05) is 23.2 Å². The summed E-state index contributed by atoms with van der Waals surface area (Å²) in [6.45, 7) is 0. The average Bonchev–Trinajstić information content (AvgIpc) is 2.57. The Bertz CT molecular complexity index is 549. The first-order valence-electron chi connectivity index (χ1n) is 4.54. The number of hydrogen-bond donors (Lipinski definition) is 0. The lowest BCUT2D eigenvalue weighted by Gasteiger charge is -1.99. The molecule has 1 heterocycles. The van der Waals surface area contributed by atoms with Crippen LogP contribution in [-0.2, 0) is 14.3 Å². The Morgan fingerprint density at radius 1 is 1.29 bits per heavy atom. The lowest BCUT2D eigenvalue weighted by molar-refractivity contribution is -0.134. The summed E-state index contributed by atoms with van der Waals surface area (Å²) >= 11 is 11.6. The molecule has 2 rings (SSSR count). The topological polar surface area (TPSA) is 52.6 Å². The van der Waals surface area contributed by atoms with Crippen LogP contribution in [0.5, 0.6) is 0 Å². The normalized spacial score (nSPS) is 15.7.